The summed E-state index contributed by atoms with van der Waals surface area (Å²) in [5.74, 6) is 2.83. The molecule has 3 N–H and O–H groups in total. The summed E-state index contributed by atoms with van der Waals surface area (Å²) in [5, 5.41) is 10.4. The monoisotopic (exact) mass is 390 g/mol. The molecule has 1 saturated heterocycles. The van der Waals surface area contributed by atoms with Gasteiger partial charge in [-0.2, -0.15) is 11.8 Å². The lowest BCUT2D eigenvalue weighted by Crippen LogP contribution is -2.40. The van der Waals surface area contributed by atoms with Gasteiger partial charge >= 0.3 is 0 Å². The van der Waals surface area contributed by atoms with Crippen LogP contribution in [-0.4, -0.2) is 55.7 Å². The van der Waals surface area contributed by atoms with Crippen LogP contribution in [0.3, 0.4) is 0 Å². The standard InChI is InChI=1S/C20H30N4O2S/c1-21-20(23-13-18-3-2-12-27-18)22-11-10-15-4-8-17(9-5-15)26-14-19(25)24-16-6-7-16/h4-5,8-9,16,18H,2-3,6-7,10-14H2,1H3,(H,24,25)(H2,21,22,23). The molecule has 1 aliphatic heterocycles. The Bertz CT molecular complexity index is 625. The van der Waals surface area contributed by atoms with Crippen LogP contribution in [0.4, 0.5) is 0 Å². The number of amides is 1. The molecule has 0 radical (unpaired) electrons. The summed E-state index contributed by atoms with van der Waals surface area (Å²) in [7, 11) is 1.81. The maximum absolute atomic E-state index is 11.6. The van der Waals surface area contributed by atoms with E-state index in [0.717, 1.165) is 44.1 Å². The molecule has 1 aromatic carbocycles. The second kappa shape index (κ2) is 10.4. The quantitative estimate of drug-likeness (QED) is 0.444. The Morgan fingerprint density at radius 1 is 1.22 bits per heavy atom. The van der Waals surface area contributed by atoms with Crippen molar-refractivity contribution in [1.29, 1.82) is 0 Å². The van der Waals surface area contributed by atoms with E-state index in [0.29, 0.717) is 11.3 Å². The minimum atomic E-state index is -0.0411. The van der Waals surface area contributed by atoms with Crippen molar-refractivity contribution in [2.45, 2.75) is 43.4 Å². The maximum atomic E-state index is 11.6. The van der Waals surface area contributed by atoms with Crippen molar-refractivity contribution in [3.8, 4) is 5.75 Å². The number of thioether (sulfide) groups is 1. The van der Waals surface area contributed by atoms with Crippen molar-refractivity contribution in [3.63, 3.8) is 0 Å². The van der Waals surface area contributed by atoms with E-state index in [9.17, 15) is 4.79 Å². The molecular weight excluding hydrogens is 360 g/mol. The molecule has 6 nitrogen and oxygen atoms in total. The molecule has 1 aromatic rings. The second-order valence-electron chi connectivity index (χ2n) is 7.04. The zero-order valence-corrected chi connectivity index (χ0v) is 16.8. The molecule has 2 fully saturated rings. The second-order valence-corrected chi connectivity index (χ2v) is 8.45. The normalized spacial score (nSPS) is 19.6. The van der Waals surface area contributed by atoms with E-state index >= 15 is 0 Å². The number of aliphatic imine (C=N–C) groups is 1. The van der Waals surface area contributed by atoms with Gasteiger partial charge in [0.1, 0.15) is 5.75 Å². The first kappa shape index (κ1) is 19.9. The van der Waals surface area contributed by atoms with E-state index in [-0.39, 0.29) is 12.5 Å². The van der Waals surface area contributed by atoms with Crippen LogP contribution in [-0.2, 0) is 11.2 Å². The van der Waals surface area contributed by atoms with E-state index in [4.69, 9.17) is 4.74 Å². The third-order valence-corrected chi connectivity index (χ3v) is 6.08. The van der Waals surface area contributed by atoms with Crippen molar-refractivity contribution in [2.75, 3.05) is 32.5 Å². The van der Waals surface area contributed by atoms with Gasteiger partial charge in [-0.05, 0) is 55.6 Å². The predicted octanol–water partition coefficient (Wildman–Crippen LogP) is 1.95. The van der Waals surface area contributed by atoms with Crippen LogP contribution in [0, 0.1) is 0 Å². The molecule has 1 amide bonds. The van der Waals surface area contributed by atoms with E-state index in [1.54, 1.807) is 0 Å². The van der Waals surface area contributed by atoms with E-state index in [1.165, 1.54) is 24.2 Å². The van der Waals surface area contributed by atoms with Crippen molar-refractivity contribution in [3.05, 3.63) is 29.8 Å². The first-order valence-corrected chi connectivity index (χ1v) is 10.8. The summed E-state index contributed by atoms with van der Waals surface area (Å²) < 4.78 is 5.53. The molecule has 1 saturated carbocycles. The number of hydrogen-bond donors (Lipinski definition) is 3. The summed E-state index contributed by atoms with van der Waals surface area (Å²) in [4.78, 5) is 15.9. The Morgan fingerprint density at radius 3 is 2.70 bits per heavy atom. The van der Waals surface area contributed by atoms with E-state index in [2.05, 4.69) is 20.9 Å². The minimum absolute atomic E-state index is 0.0411. The number of ether oxygens (including phenoxy) is 1. The van der Waals surface area contributed by atoms with Gasteiger partial charge in [-0.3, -0.25) is 9.79 Å². The molecule has 1 atom stereocenters. The number of rotatable bonds is 9. The van der Waals surface area contributed by atoms with Gasteiger partial charge in [0.15, 0.2) is 12.6 Å². The van der Waals surface area contributed by atoms with Crippen LogP contribution in [0.1, 0.15) is 31.2 Å². The number of nitrogens with one attached hydrogen (secondary N) is 3. The van der Waals surface area contributed by atoms with Crippen molar-refractivity contribution >= 4 is 23.6 Å². The zero-order valence-electron chi connectivity index (χ0n) is 16.0. The number of guanidine groups is 1. The highest BCUT2D eigenvalue weighted by molar-refractivity contribution is 8.00. The van der Waals surface area contributed by atoms with Crippen LogP contribution < -0.4 is 20.7 Å². The van der Waals surface area contributed by atoms with Gasteiger partial charge < -0.3 is 20.7 Å². The molecule has 0 bridgehead atoms. The third kappa shape index (κ3) is 7.33. The minimum Gasteiger partial charge on any atom is -0.484 e. The van der Waals surface area contributed by atoms with Crippen LogP contribution >= 0.6 is 11.8 Å². The van der Waals surface area contributed by atoms with Crippen LogP contribution in [0.5, 0.6) is 5.75 Å². The number of carbonyl (C=O) groups excluding carboxylic acids is 1. The Kier molecular flexibility index (Phi) is 7.68. The predicted molar refractivity (Wildman–Crippen MR) is 112 cm³/mol. The molecule has 3 rings (SSSR count). The van der Waals surface area contributed by atoms with Crippen molar-refractivity contribution in [1.82, 2.24) is 16.0 Å². The van der Waals surface area contributed by atoms with Crippen LogP contribution in [0.15, 0.2) is 29.3 Å². The van der Waals surface area contributed by atoms with Crippen molar-refractivity contribution < 1.29 is 9.53 Å². The molecule has 7 heteroatoms. The highest BCUT2D eigenvalue weighted by Crippen LogP contribution is 2.25. The van der Waals surface area contributed by atoms with Crippen LogP contribution in [0.25, 0.3) is 0 Å². The molecule has 0 spiro atoms. The average molecular weight is 391 g/mol. The average Bonchev–Trinajstić information content (AvgIpc) is 3.34. The Hall–Kier alpha value is -1.89. The highest BCUT2D eigenvalue weighted by Gasteiger charge is 2.23. The van der Waals surface area contributed by atoms with Crippen LogP contribution in [0.2, 0.25) is 0 Å². The molecule has 148 valence electrons. The fraction of sp³-hybridized carbons (Fsp3) is 0.600. The summed E-state index contributed by atoms with van der Waals surface area (Å²) >= 11 is 2.05. The molecular formula is C20H30N4O2S. The van der Waals surface area contributed by atoms with Gasteiger partial charge in [-0.1, -0.05) is 12.1 Å². The van der Waals surface area contributed by atoms with E-state index < -0.39 is 0 Å². The molecule has 0 aromatic heterocycles. The highest BCUT2D eigenvalue weighted by atomic mass is 32.2. The van der Waals surface area contributed by atoms with Crippen molar-refractivity contribution in [2.24, 2.45) is 4.99 Å². The number of benzene rings is 1. The first-order chi connectivity index (χ1) is 13.2. The molecule has 1 unspecified atom stereocenters. The fourth-order valence-corrected chi connectivity index (χ4v) is 4.16. The van der Waals surface area contributed by atoms with Gasteiger partial charge in [0.05, 0.1) is 0 Å². The van der Waals surface area contributed by atoms with Gasteiger partial charge in [0.25, 0.3) is 5.91 Å². The molecule has 27 heavy (non-hydrogen) atoms. The van der Waals surface area contributed by atoms with Gasteiger partial charge in [0, 0.05) is 31.4 Å². The lowest BCUT2D eigenvalue weighted by Gasteiger charge is -2.14. The maximum Gasteiger partial charge on any atom is 0.258 e. The largest absolute Gasteiger partial charge is 0.484 e. The van der Waals surface area contributed by atoms with E-state index in [1.807, 2.05) is 43.1 Å². The number of carbonyl (C=O) groups is 1. The Labute approximate surface area is 165 Å². The summed E-state index contributed by atoms with van der Waals surface area (Å²) in [6, 6.07) is 8.30. The lowest BCUT2D eigenvalue weighted by molar-refractivity contribution is -0.123. The first-order valence-electron chi connectivity index (χ1n) is 9.80. The number of hydrogen-bond acceptors (Lipinski definition) is 4. The Balaban J connectivity index is 1.31. The van der Waals surface area contributed by atoms with Gasteiger partial charge in [-0.25, -0.2) is 0 Å². The summed E-state index contributed by atoms with van der Waals surface area (Å²) in [5.41, 5.74) is 1.22. The zero-order chi connectivity index (χ0) is 18.9. The number of nitrogens with zero attached hydrogens (tertiary/aromatic N) is 1. The smallest absolute Gasteiger partial charge is 0.258 e. The summed E-state index contributed by atoms with van der Waals surface area (Å²) in [6.45, 7) is 1.88. The Morgan fingerprint density at radius 2 is 2.04 bits per heavy atom. The molecule has 2 aliphatic rings. The van der Waals surface area contributed by atoms with Gasteiger partial charge in [-0.15, -0.1) is 0 Å². The topological polar surface area (TPSA) is 74.8 Å². The summed E-state index contributed by atoms with van der Waals surface area (Å²) in [6.07, 6.45) is 5.71. The molecule has 1 heterocycles. The molecule has 1 aliphatic carbocycles. The SMILES string of the molecule is CN=C(NCCc1ccc(OCC(=O)NC2CC2)cc1)NCC1CCCS1. The third-order valence-electron chi connectivity index (χ3n) is 4.69. The fourth-order valence-electron chi connectivity index (χ4n) is 2.96. The van der Waals surface area contributed by atoms with Gasteiger partial charge in [0.2, 0.25) is 0 Å². The lowest BCUT2D eigenvalue weighted by atomic mass is 10.1.